The van der Waals surface area contributed by atoms with Gasteiger partial charge in [-0.15, -0.1) is 0 Å². The lowest BCUT2D eigenvalue weighted by Gasteiger charge is -2.26. The molecule has 1 aromatic carbocycles. The maximum Gasteiger partial charge on any atom is 0.138 e. The van der Waals surface area contributed by atoms with Crippen molar-refractivity contribution in [3.63, 3.8) is 0 Å². The van der Waals surface area contributed by atoms with Crippen molar-refractivity contribution in [2.75, 3.05) is 18.5 Å². The number of ether oxygens (including phenoxy) is 1. The lowest BCUT2D eigenvalue weighted by atomic mass is 9.83. The minimum Gasteiger partial charge on any atom is -0.492 e. The smallest absolute Gasteiger partial charge is 0.138 e. The van der Waals surface area contributed by atoms with Gasteiger partial charge in [0.2, 0.25) is 0 Å². The van der Waals surface area contributed by atoms with Crippen LogP contribution < -0.4 is 10.1 Å². The normalized spacial score (nSPS) is 22.6. The molecule has 0 radical (unpaired) electrons. The van der Waals surface area contributed by atoms with Gasteiger partial charge in [-0.1, -0.05) is 38.3 Å². The number of benzene rings is 1. The summed E-state index contributed by atoms with van der Waals surface area (Å²) in [4.78, 5) is 0. The fourth-order valence-electron chi connectivity index (χ4n) is 2.74. The van der Waals surface area contributed by atoms with Crippen LogP contribution in [0.1, 0.15) is 46.0 Å². The van der Waals surface area contributed by atoms with Crippen molar-refractivity contribution < 1.29 is 4.74 Å². The van der Waals surface area contributed by atoms with Gasteiger partial charge >= 0.3 is 0 Å². The highest BCUT2D eigenvalue weighted by Gasteiger charge is 2.17. The van der Waals surface area contributed by atoms with Crippen LogP contribution in [0.25, 0.3) is 0 Å². The molecule has 0 spiro atoms. The van der Waals surface area contributed by atoms with E-state index in [9.17, 15) is 0 Å². The van der Waals surface area contributed by atoms with Crippen molar-refractivity contribution >= 4 is 17.3 Å². The van der Waals surface area contributed by atoms with Gasteiger partial charge in [-0.3, -0.25) is 0 Å². The number of halogens is 1. The van der Waals surface area contributed by atoms with E-state index in [0.717, 1.165) is 36.2 Å². The zero-order valence-electron chi connectivity index (χ0n) is 12.6. The molecule has 1 N–H and O–H groups in total. The summed E-state index contributed by atoms with van der Waals surface area (Å²) in [5, 5.41) is 4.21. The first-order valence-corrected chi connectivity index (χ1v) is 8.23. The predicted molar refractivity (Wildman–Crippen MR) is 86.8 cm³/mol. The second-order valence-electron chi connectivity index (χ2n) is 6.00. The molecule has 1 fully saturated rings. The summed E-state index contributed by atoms with van der Waals surface area (Å²) in [6.07, 6.45) is 6.43. The monoisotopic (exact) mass is 295 g/mol. The van der Waals surface area contributed by atoms with Crippen LogP contribution in [0.2, 0.25) is 5.02 Å². The van der Waals surface area contributed by atoms with E-state index in [1.165, 1.54) is 25.7 Å². The van der Waals surface area contributed by atoms with Crippen LogP contribution in [0.3, 0.4) is 0 Å². The van der Waals surface area contributed by atoms with Gasteiger partial charge in [-0.25, -0.2) is 0 Å². The minimum absolute atomic E-state index is 0.695. The lowest BCUT2D eigenvalue weighted by molar-refractivity contribution is 0.300. The summed E-state index contributed by atoms with van der Waals surface area (Å²) in [6.45, 7) is 6.22. The van der Waals surface area contributed by atoms with E-state index < -0.39 is 0 Å². The van der Waals surface area contributed by atoms with Crippen LogP contribution in [0.5, 0.6) is 5.75 Å². The topological polar surface area (TPSA) is 21.3 Å². The van der Waals surface area contributed by atoms with Crippen molar-refractivity contribution in [1.29, 1.82) is 0 Å². The highest BCUT2D eigenvalue weighted by atomic mass is 35.5. The number of rotatable bonds is 6. The van der Waals surface area contributed by atoms with Gasteiger partial charge in [0.1, 0.15) is 5.75 Å². The minimum atomic E-state index is 0.695. The number of hydrogen-bond acceptors (Lipinski definition) is 2. The second-order valence-corrected chi connectivity index (χ2v) is 6.41. The molecule has 2 nitrogen and oxygen atoms in total. The van der Waals surface area contributed by atoms with Crippen molar-refractivity contribution in [3.05, 3.63) is 23.2 Å². The standard InChI is InChI=1S/C17H26ClNO/c1-3-10-20-17-9-8-15(11-16(17)18)19-12-14-6-4-13(2)5-7-14/h8-9,11,13-14,19H,3-7,10,12H2,1-2H3. The summed E-state index contributed by atoms with van der Waals surface area (Å²) in [7, 11) is 0. The van der Waals surface area contributed by atoms with Crippen LogP contribution in [0.15, 0.2) is 18.2 Å². The molecule has 1 aromatic rings. The molecule has 0 aliphatic heterocycles. The van der Waals surface area contributed by atoms with E-state index in [0.29, 0.717) is 11.6 Å². The van der Waals surface area contributed by atoms with E-state index in [1.54, 1.807) is 0 Å². The molecule has 1 saturated carbocycles. The van der Waals surface area contributed by atoms with Crippen LogP contribution in [-0.4, -0.2) is 13.2 Å². The highest BCUT2D eigenvalue weighted by molar-refractivity contribution is 6.32. The fourth-order valence-corrected chi connectivity index (χ4v) is 2.97. The third-order valence-corrected chi connectivity index (χ3v) is 4.42. The SMILES string of the molecule is CCCOc1ccc(NCC2CCC(C)CC2)cc1Cl. The van der Waals surface area contributed by atoms with E-state index in [2.05, 4.69) is 25.2 Å². The van der Waals surface area contributed by atoms with Gasteiger partial charge in [-0.2, -0.15) is 0 Å². The lowest BCUT2D eigenvalue weighted by Crippen LogP contribution is -2.20. The molecule has 3 heteroatoms. The largest absolute Gasteiger partial charge is 0.492 e. The Labute approximate surface area is 127 Å². The average molecular weight is 296 g/mol. The Kier molecular flexibility index (Phi) is 6.03. The number of hydrogen-bond donors (Lipinski definition) is 1. The van der Waals surface area contributed by atoms with Gasteiger partial charge in [0.25, 0.3) is 0 Å². The molecule has 0 atom stereocenters. The molecule has 112 valence electrons. The van der Waals surface area contributed by atoms with Crippen LogP contribution in [0, 0.1) is 11.8 Å². The van der Waals surface area contributed by atoms with Crippen LogP contribution >= 0.6 is 11.6 Å². The molecule has 0 unspecified atom stereocenters. The fraction of sp³-hybridized carbons (Fsp3) is 0.647. The third-order valence-electron chi connectivity index (χ3n) is 4.12. The molecular weight excluding hydrogens is 270 g/mol. The summed E-state index contributed by atoms with van der Waals surface area (Å²) in [6, 6.07) is 5.99. The molecule has 1 aliphatic rings. The predicted octanol–water partition coefficient (Wildman–Crippen LogP) is 5.37. The van der Waals surface area contributed by atoms with Crippen LogP contribution in [0.4, 0.5) is 5.69 Å². The summed E-state index contributed by atoms with van der Waals surface area (Å²) in [5.41, 5.74) is 1.09. The molecular formula is C17H26ClNO. The quantitative estimate of drug-likeness (QED) is 0.762. The number of anilines is 1. The van der Waals surface area contributed by atoms with Crippen molar-refractivity contribution in [3.8, 4) is 5.75 Å². The Morgan fingerprint density at radius 1 is 1.25 bits per heavy atom. The van der Waals surface area contributed by atoms with Gasteiger partial charge in [0.15, 0.2) is 0 Å². The molecule has 0 amide bonds. The third kappa shape index (κ3) is 4.59. The van der Waals surface area contributed by atoms with Gasteiger partial charge in [-0.05, 0) is 49.3 Å². The number of nitrogens with one attached hydrogen (secondary N) is 1. The zero-order valence-corrected chi connectivity index (χ0v) is 13.4. The molecule has 0 heterocycles. The maximum atomic E-state index is 6.24. The summed E-state index contributed by atoms with van der Waals surface area (Å²) >= 11 is 6.24. The molecule has 20 heavy (non-hydrogen) atoms. The summed E-state index contributed by atoms with van der Waals surface area (Å²) < 4.78 is 5.59. The first-order chi connectivity index (χ1) is 9.69. The molecule has 0 aromatic heterocycles. The Balaban J connectivity index is 1.82. The zero-order chi connectivity index (χ0) is 14.4. The van der Waals surface area contributed by atoms with Crippen molar-refractivity contribution in [2.24, 2.45) is 11.8 Å². The Hall–Kier alpha value is -0.890. The molecule has 0 saturated heterocycles. The molecule has 1 aliphatic carbocycles. The van der Waals surface area contributed by atoms with E-state index in [1.807, 2.05) is 12.1 Å². The van der Waals surface area contributed by atoms with Crippen LogP contribution in [-0.2, 0) is 0 Å². The average Bonchev–Trinajstić information content (AvgIpc) is 2.46. The van der Waals surface area contributed by atoms with E-state index in [-0.39, 0.29) is 0 Å². The first kappa shape index (κ1) is 15.5. The maximum absolute atomic E-state index is 6.24. The highest BCUT2D eigenvalue weighted by Crippen LogP contribution is 2.30. The molecule has 2 rings (SSSR count). The Morgan fingerprint density at radius 3 is 2.65 bits per heavy atom. The summed E-state index contributed by atoms with van der Waals surface area (Å²) in [5.74, 6) is 2.50. The first-order valence-electron chi connectivity index (χ1n) is 7.85. The van der Waals surface area contributed by atoms with E-state index >= 15 is 0 Å². The van der Waals surface area contributed by atoms with Crippen molar-refractivity contribution in [1.82, 2.24) is 0 Å². The van der Waals surface area contributed by atoms with Gasteiger partial charge in [0.05, 0.1) is 11.6 Å². The van der Waals surface area contributed by atoms with Gasteiger partial charge in [0, 0.05) is 12.2 Å². The second kappa shape index (κ2) is 7.78. The van der Waals surface area contributed by atoms with Gasteiger partial charge < -0.3 is 10.1 Å². The van der Waals surface area contributed by atoms with Crippen molar-refractivity contribution in [2.45, 2.75) is 46.0 Å². The molecule has 0 bridgehead atoms. The van der Waals surface area contributed by atoms with E-state index in [4.69, 9.17) is 16.3 Å². The Morgan fingerprint density at radius 2 is 2.00 bits per heavy atom. The Bertz CT molecular complexity index is 413.